The molecule has 1 rings (SSSR count). The first-order valence-electron chi connectivity index (χ1n) is 5.13. The molecule has 0 aromatic rings. The van der Waals surface area contributed by atoms with Gasteiger partial charge in [0.1, 0.15) is 0 Å². The molecule has 0 aromatic heterocycles. The number of alkyl halides is 1. The molecular formula is C10H18BrNO2. The molecule has 0 bridgehead atoms. The highest BCUT2D eigenvalue weighted by Crippen LogP contribution is 2.18. The molecule has 14 heavy (non-hydrogen) atoms. The molecule has 1 heterocycles. The second-order valence-electron chi connectivity index (χ2n) is 3.93. The second-order valence-corrected chi connectivity index (χ2v) is 5.31. The van der Waals surface area contributed by atoms with E-state index in [2.05, 4.69) is 28.2 Å². The van der Waals surface area contributed by atoms with Gasteiger partial charge in [0.05, 0.1) is 10.9 Å². The molecule has 4 heteroatoms. The van der Waals surface area contributed by atoms with Crippen molar-refractivity contribution in [3.63, 3.8) is 0 Å². The maximum Gasteiger partial charge on any atom is 0.233 e. The number of nitrogens with one attached hydrogen (secondary N) is 1. The molecule has 0 saturated carbocycles. The molecule has 1 aliphatic rings. The highest BCUT2D eigenvalue weighted by molar-refractivity contribution is 9.10. The van der Waals surface area contributed by atoms with Crippen molar-refractivity contribution >= 4 is 21.8 Å². The quantitative estimate of drug-likeness (QED) is 0.788. The maximum atomic E-state index is 11.3. The molecule has 1 fully saturated rings. The van der Waals surface area contributed by atoms with Crippen LogP contribution in [0.5, 0.6) is 0 Å². The first-order chi connectivity index (χ1) is 6.59. The predicted octanol–water partition coefficient (Wildman–Crippen LogP) is 1.70. The third kappa shape index (κ3) is 3.96. The van der Waals surface area contributed by atoms with E-state index in [1.165, 1.54) is 0 Å². The van der Waals surface area contributed by atoms with Crippen molar-refractivity contribution in [2.24, 2.45) is 5.92 Å². The van der Waals surface area contributed by atoms with E-state index in [-0.39, 0.29) is 10.7 Å². The lowest BCUT2D eigenvalue weighted by molar-refractivity contribution is -0.120. The largest absolute Gasteiger partial charge is 0.378 e. The van der Waals surface area contributed by atoms with Crippen molar-refractivity contribution in [3.05, 3.63) is 0 Å². The van der Waals surface area contributed by atoms with Gasteiger partial charge in [-0.15, -0.1) is 0 Å². The molecule has 1 aliphatic heterocycles. The van der Waals surface area contributed by atoms with Crippen molar-refractivity contribution in [3.8, 4) is 0 Å². The van der Waals surface area contributed by atoms with Crippen LogP contribution in [0.3, 0.4) is 0 Å². The fourth-order valence-corrected chi connectivity index (χ4v) is 1.82. The van der Waals surface area contributed by atoms with Crippen LogP contribution in [-0.4, -0.2) is 30.0 Å². The summed E-state index contributed by atoms with van der Waals surface area (Å²) in [5.41, 5.74) is 0. The average molecular weight is 264 g/mol. The molecule has 0 radical (unpaired) electrons. The third-order valence-electron chi connectivity index (χ3n) is 2.52. The van der Waals surface area contributed by atoms with Crippen molar-refractivity contribution < 1.29 is 9.53 Å². The number of carbonyl (C=O) groups is 1. The van der Waals surface area contributed by atoms with Crippen molar-refractivity contribution in [1.82, 2.24) is 5.32 Å². The Labute approximate surface area is 93.7 Å². The Balaban J connectivity index is 2.20. The summed E-state index contributed by atoms with van der Waals surface area (Å²) in [6.45, 7) is 5.52. The van der Waals surface area contributed by atoms with E-state index < -0.39 is 0 Å². The van der Waals surface area contributed by atoms with Crippen LogP contribution in [0.1, 0.15) is 26.7 Å². The van der Waals surface area contributed by atoms with E-state index in [4.69, 9.17) is 4.74 Å². The summed E-state index contributed by atoms with van der Waals surface area (Å²) in [5, 5.41) is 2.93. The van der Waals surface area contributed by atoms with Gasteiger partial charge in [-0.3, -0.25) is 4.79 Å². The van der Waals surface area contributed by atoms with Gasteiger partial charge in [0, 0.05) is 13.2 Å². The molecule has 3 unspecified atom stereocenters. The van der Waals surface area contributed by atoms with Crippen LogP contribution in [0.15, 0.2) is 0 Å². The topological polar surface area (TPSA) is 38.3 Å². The summed E-state index contributed by atoms with van der Waals surface area (Å²) >= 11 is 3.24. The first-order valence-corrected chi connectivity index (χ1v) is 6.04. The lowest BCUT2D eigenvalue weighted by Gasteiger charge is -2.27. The molecule has 0 aromatic carbocycles. The predicted molar refractivity (Wildman–Crippen MR) is 59.5 cm³/mol. The number of ether oxygens (including phenoxy) is 1. The number of amides is 1. The number of carbonyl (C=O) groups excluding carboxylic acids is 1. The number of hydrogen-bond acceptors (Lipinski definition) is 2. The van der Waals surface area contributed by atoms with E-state index in [1.54, 1.807) is 0 Å². The normalized spacial score (nSPS) is 29.6. The van der Waals surface area contributed by atoms with Gasteiger partial charge in [-0.05, 0) is 32.6 Å². The standard InChI is InChI=1S/C10H18BrNO2/c1-7-5-9(3-4-14-7)6-12-10(13)8(2)11/h7-9H,3-6H2,1-2H3,(H,12,13). The highest BCUT2D eigenvalue weighted by atomic mass is 79.9. The fourth-order valence-electron chi connectivity index (χ4n) is 1.66. The zero-order valence-corrected chi connectivity index (χ0v) is 10.3. The molecule has 1 saturated heterocycles. The molecule has 82 valence electrons. The molecule has 3 atom stereocenters. The summed E-state index contributed by atoms with van der Waals surface area (Å²) in [4.78, 5) is 11.2. The van der Waals surface area contributed by atoms with E-state index >= 15 is 0 Å². The minimum Gasteiger partial charge on any atom is -0.378 e. The zero-order chi connectivity index (χ0) is 10.6. The van der Waals surface area contributed by atoms with Crippen LogP contribution in [0.2, 0.25) is 0 Å². The lowest BCUT2D eigenvalue weighted by Crippen LogP contribution is -2.36. The van der Waals surface area contributed by atoms with E-state index in [1.807, 2.05) is 6.92 Å². The van der Waals surface area contributed by atoms with Gasteiger partial charge in [0.25, 0.3) is 0 Å². The molecule has 0 spiro atoms. The van der Waals surface area contributed by atoms with E-state index in [0.29, 0.717) is 12.0 Å². The Hall–Kier alpha value is -0.0900. The molecule has 0 aliphatic carbocycles. The Morgan fingerprint density at radius 2 is 2.43 bits per heavy atom. The van der Waals surface area contributed by atoms with Gasteiger partial charge in [0.2, 0.25) is 5.91 Å². The monoisotopic (exact) mass is 263 g/mol. The fraction of sp³-hybridized carbons (Fsp3) is 0.900. The van der Waals surface area contributed by atoms with Crippen LogP contribution in [0.4, 0.5) is 0 Å². The third-order valence-corrected chi connectivity index (χ3v) is 2.94. The van der Waals surface area contributed by atoms with Crippen molar-refractivity contribution in [1.29, 1.82) is 0 Å². The first kappa shape index (κ1) is 12.0. The van der Waals surface area contributed by atoms with Gasteiger partial charge in [-0.25, -0.2) is 0 Å². The van der Waals surface area contributed by atoms with E-state index in [9.17, 15) is 4.79 Å². The number of rotatable bonds is 3. The Kier molecular flexibility index (Phi) is 4.89. The average Bonchev–Trinajstić information content (AvgIpc) is 2.14. The molecule has 1 N–H and O–H groups in total. The number of hydrogen-bond donors (Lipinski definition) is 1. The summed E-state index contributed by atoms with van der Waals surface area (Å²) in [6.07, 6.45) is 2.45. The van der Waals surface area contributed by atoms with Crippen LogP contribution < -0.4 is 5.32 Å². The van der Waals surface area contributed by atoms with Crippen LogP contribution in [-0.2, 0) is 9.53 Å². The maximum absolute atomic E-state index is 11.3. The Morgan fingerprint density at radius 1 is 1.71 bits per heavy atom. The van der Waals surface area contributed by atoms with E-state index in [0.717, 1.165) is 26.0 Å². The summed E-state index contributed by atoms with van der Waals surface area (Å²) < 4.78 is 5.44. The van der Waals surface area contributed by atoms with Gasteiger partial charge in [0.15, 0.2) is 0 Å². The molecular weight excluding hydrogens is 246 g/mol. The minimum absolute atomic E-state index is 0.0733. The van der Waals surface area contributed by atoms with Crippen molar-refractivity contribution in [2.45, 2.75) is 37.6 Å². The Bertz CT molecular complexity index is 197. The lowest BCUT2D eigenvalue weighted by atomic mass is 9.96. The second kappa shape index (κ2) is 5.71. The van der Waals surface area contributed by atoms with Gasteiger partial charge in [-0.2, -0.15) is 0 Å². The van der Waals surface area contributed by atoms with Crippen molar-refractivity contribution in [2.75, 3.05) is 13.2 Å². The smallest absolute Gasteiger partial charge is 0.233 e. The zero-order valence-electron chi connectivity index (χ0n) is 8.75. The molecule has 1 amide bonds. The van der Waals surface area contributed by atoms with Crippen LogP contribution >= 0.6 is 15.9 Å². The minimum atomic E-state index is -0.0974. The summed E-state index contributed by atoms with van der Waals surface area (Å²) in [6, 6.07) is 0. The summed E-state index contributed by atoms with van der Waals surface area (Å²) in [5.74, 6) is 0.651. The van der Waals surface area contributed by atoms with Crippen LogP contribution in [0.25, 0.3) is 0 Å². The highest BCUT2D eigenvalue weighted by Gasteiger charge is 2.20. The summed E-state index contributed by atoms with van der Waals surface area (Å²) in [7, 11) is 0. The van der Waals surface area contributed by atoms with Gasteiger partial charge >= 0.3 is 0 Å². The van der Waals surface area contributed by atoms with Gasteiger partial charge < -0.3 is 10.1 Å². The Morgan fingerprint density at radius 3 is 3.00 bits per heavy atom. The van der Waals surface area contributed by atoms with Gasteiger partial charge in [-0.1, -0.05) is 15.9 Å². The van der Waals surface area contributed by atoms with Crippen LogP contribution in [0, 0.1) is 5.92 Å². The number of halogens is 1. The molecule has 3 nitrogen and oxygen atoms in total. The SMILES string of the molecule is CC1CC(CNC(=O)C(C)Br)CCO1.